The Morgan fingerprint density at radius 1 is 1.07 bits per heavy atom. The summed E-state index contributed by atoms with van der Waals surface area (Å²) in [6, 6.07) is 17.4. The van der Waals surface area contributed by atoms with Crippen LogP contribution in [-0.2, 0) is 20.9 Å². The van der Waals surface area contributed by atoms with Gasteiger partial charge in [-0.3, -0.25) is 9.59 Å². The van der Waals surface area contributed by atoms with Crippen LogP contribution in [-0.4, -0.2) is 29.9 Å². The van der Waals surface area contributed by atoms with Crippen molar-refractivity contribution in [1.29, 1.82) is 5.26 Å². The van der Waals surface area contributed by atoms with E-state index in [1.165, 1.54) is 0 Å². The summed E-state index contributed by atoms with van der Waals surface area (Å²) in [5.74, 6) is -0.444. The minimum absolute atomic E-state index is 0.0462. The maximum atomic E-state index is 12.5. The van der Waals surface area contributed by atoms with Crippen molar-refractivity contribution >= 4 is 11.9 Å². The fourth-order valence-electron chi connectivity index (χ4n) is 2.92. The van der Waals surface area contributed by atoms with Gasteiger partial charge in [0.1, 0.15) is 6.54 Å². The SMILES string of the molecule is CCCCC(=O)N(CC(=O)OCC)Cc1ccc(-c2ccccc2C#N)cc1. The Morgan fingerprint density at radius 2 is 1.79 bits per heavy atom. The third-order valence-electron chi connectivity index (χ3n) is 4.41. The third-order valence-corrected chi connectivity index (χ3v) is 4.41. The number of carbonyl (C=O) groups excluding carboxylic acids is 2. The summed E-state index contributed by atoms with van der Waals surface area (Å²) in [5.41, 5.74) is 3.36. The molecule has 0 aliphatic heterocycles. The van der Waals surface area contributed by atoms with Gasteiger partial charge < -0.3 is 9.64 Å². The summed E-state index contributed by atoms with van der Waals surface area (Å²) in [5, 5.41) is 9.27. The number of hydrogen-bond acceptors (Lipinski definition) is 4. The zero-order chi connectivity index (χ0) is 20.4. The molecule has 5 heteroatoms. The standard InChI is InChI=1S/C23H26N2O3/c1-3-5-10-22(26)25(17-23(27)28-4-2)16-18-11-13-19(14-12-18)21-9-7-6-8-20(21)15-24/h6-9,11-14H,3-5,10,16-17H2,1-2H3. The van der Waals surface area contributed by atoms with Crippen LogP contribution in [0.5, 0.6) is 0 Å². The number of nitriles is 1. The number of nitrogens with zero attached hydrogens (tertiary/aromatic N) is 2. The highest BCUT2D eigenvalue weighted by Crippen LogP contribution is 2.24. The van der Waals surface area contributed by atoms with E-state index in [0.29, 0.717) is 25.1 Å². The average Bonchev–Trinajstić information content (AvgIpc) is 2.72. The quantitative estimate of drug-likeness (QED) is 0.610. The predicted octanol–water partition coefficient (Wildman–Crippen LogP) is 4.31. The lowest BCUT2D eigenvalue weighted by molar-refractivity contribution is -0.149. The van der Waals surface area contributed by atoms with E-state index in [2.05, 4.69) is 6.07 Å². The molecule has 1 amide bonds. The van der Waals surface area contributed by atoms with E-state index in [-0.39, 0.29) is 12.5 Å². The number of amides is 1. The number of carbonyl (C=O) groups is 2. The molecule has 2 rings (SSSR count). The summed E-state index contributed by atoms with van der Waals surface area (Å²) < 4.78 is 5.00. The molecule has 146 valence electrons. The smallest absolute Gasteiger partial charge is 0.325 e. The maximum Gasteiger partial charge on any atom is 0.325 e. The molecule has 0 fully saturated rings. The fourth-order valence-corrected chi connectivity index (χ4v) is 2.92. The molecular formula is C23H26N2O3. The first kappa shape index (κ1) is 21.2. The molecule has 2 aromatic carbocycles. The predicted molar refractivity (Wildman–Crippen MR) is 108 cm³/mol. The summed E-state index contributed by atoms with van der Waals surface area (Å²) in [7, 11) is 0. The van der Waals surface area contributed by atoms with E-state index < -0.39 is 5.97 Å². The first-order valence-electron chi connectivity index (χ1n) is 9.60. The van der Waals surface area contributed by atoms with Crippen LogP contribution in [0.2, 0.25) is 0 Å². The average molecular weight is 378 g/mol. The Bertz CT molecular complexity index is 838. The van der Waals surface area contributed by atoms with E-state index >= 15 is 0 Å². The van der Waals surface area contributed by atoms with Crippen LogP contribution in [0.15, 0.2) is 48.5 Å². The van der Waals surface area contributed by atoms with Crippen LogP contribution in [0, 0.1) is 11.3 Å². The van der Waals surface area contributed by atoms with Gasteiger partial charge in [-0.1, -0.05) is 55.8 Å². The number of rotatable bonds is 9. The molecule has 0 atom stereocenters. The molecule has 0 bridgehead atoms. The molecule has 5 nitrogen and oxygen atoms in total. The molecule has 0 spiro atoms. The minimum atomic E-state index is -0.396. The zero-order valence-corrected chi connectivity index (χ0v) is 16.5. The largest absolute Gasteiger partial charge is 0.465 e. The van der Waals surface area contributed by atoms with E-state index in [9.17, 15) is 14.9 Å². The molecule has 2 aromatic rings. The van der Waals surface area contributed by atoms with Gasteiger partial charge in [0.2, 0.25) is 5.91 Å². The second-order valence-corrected chi connectivity index (χ2v) is 6.51. The summed E-state index contributed by atoms with van der Waals surface area (Å²) in [4.78, 5) is 25.9. The van der Waals surface area contributed by atoms with Gasteiger partial charge in [0.05, 0.1) is 18.2 Å². The van der Waals surface area contributed by atoms with Crippen LogP contribution in [0.3, 0.4) is 0 Å². The van der Waals surface area contributed by atoms with Crippen molar-refractivity contribution in [2.24, 2.45) is 0 Å². The molecular weight excluding hydrogens is 352 g/mol. The van der Waals surface area contributed by atoms with Crippen LogP contribution in [0.4, 0.5) is 0 Å². The van der Waals surface area contributed by atoms with Crippen LogP contribution >= 0.6 is 0 Å². The highest BCUT2D eigenvalue weighted by Gasteiger charge is 2.18. The van der Waals surface area contributed by atoms with Crippen LogP contribution in [0.25, 0.3) is 11.1 Å². The van der Waals surface area contributed by atoms with Gasteiger partial charge in [-0.2, -0.15) is 5.26 Å². The number of hydrogen-bond donors (Lipinski definition) is 0. The van der Waals surface area contributed by atoms with E-state index in [0.717, 1.165) is 29.5 Å². The first-order valence-corrected chi connectivity index (χ1v) is 9.60. The summed E-state index contributed by atoms with van der Waals surface area (Å²) in [6.45, 7) is 4.37. The zero-order valence-electron chi connectivity index (χ0n) is 16.5. The van der Waals surface area contributed by atoms with Crippen LogP contribution < -0.4 is 0 Å². The van der Waals surface area contributed by atoms with Crippen molar-refractivity contribution < 1.29 is 14.3 Å². The maximum absolute atomic E-state index is 12.5. The number of benzene rings is 2. The Kier molecular flexibility index (Phi) is 8.23. The molecule has 0 aromatic heterocycles. The molecule has 0 N–H and O–H groups in total. The Balaban J connectivity index is 2.16. The van der Waals surface area contributed by atoms with Gasteiger partial charge in [-0.05, 0) is 36.1 Å². The third kappa shape index (κ3) is 5.95. The molecule has 0 radical (unpaired) electrons. The Morgan fingerprint density at radius 3 is 2.43 bits per heavy atom. The number of unbranched alkanes of at least 4 members (excludes halogenated alkanes) is 1. The van der Waals surface area contributed by atoms with Crippen LogP contribution in [0.1, 0.15) is 44.2 Å². The normalized spacial score (nSPS) is 10.2. The Labute approximate surface area is 166 Å². The Hall–Kier alpha value is -3.13. The molecule has 0 heterocycles. The van der Waals surface area contributed by atoms with Gasteiger partial charge in [0, 0.05) is 13.0 Å². The fraction of sp³-hybridized carbons (Fsp3) is 0.348. The summed E-state index contributed by atoms with van der Waals surface area (Å²) >= 11 is 0. The number of ether oxygens (including phenoxy) is 1. The lowest BCUT2D eigenvalue weighted by atomic mass is 9.99. The van der Waals surface area contributed by atoms with Crippen molar-refractivity contribution in [3.8, 4) is 17.2 Å². The molecule has 0 aliphatic carbocycles. The molecule has 0 aliphatic rings. The number of esters is 1. The van der Waals surface area contributed by atoms with Gasteiger partial charge in [-0.25, -0.2) is 0 Å². The van der Waals surface area contributed by atoms with Gasteiger partial charge in [0.15, 0.2) is 0 Å². The second kappa shape index (κ2) is 10.9. The van der Waals surface area contributed by atoms with E-state index in [1.807, 2.05) is 49.4 Å². The summed E-state index contributed by atoms with van der Waals surface area (Å²) in [6.07, 6.45) is 2.14. The van der Waals surface area contributed by atoms with Crippen molar-refractivity contribution in [3.63, 3.8) is 0 Å². The molecule has 0 saturated carbocycles. The van der Waals surface area contributed by atoms with Crippen molar-refractivity contribution in [2.75, 3.05) is 13.2 Å². The minimum Gasteiger partial charge on any atom is -0.465 e. The second-order valence-electron chi connectivity index (χ2n) is 6.51. The lowest BCUT2D eigenvalue weighted by Crippen LogP contribution is -2.35. The van der Waals surface area contributed by atoms with Crippen molar-refractivity contribution in [1.82, 2.24) is 4.90 Å². The van der Waals surface area contributed by atoms with Gasteiger partial charge >= 0.3 is 5.97 Å². The van der Waals surface area contributed by atoms with Crippen molar-refractivity contribution in [3.05, 3.63) is 59.7 Å². The van der Waals surface area contributed by atoms with Gasteiger partial charge in [-0.15, -0.1) is 0 Å². The lowest BCUT2D eigenvalue weighted by Gasteiger charge is -2.22. The molecule has 28 heavy (non-hydrogen) atoms. The molecule has 0 unspecified atom stereocenters. The highest BCUT2D eigenvalue weighted by molar-refractivity contribution is 5.82. The van der Waals surface area contributed by atoms with E-state index in [4.69, 9.17) is 4.74 Å². The van der Waals surface area contributed by atoms with E-state index in [1.54, 1.807) is 17.9 Å². The monoisotopic (exact) mass is 378 g/mol. The first-order chi connectivity index (χ1) is 13.6. The van der Waals surface area contributed by atoms with Crippen molar-refractivity contribution in [2.45, 2.75) is 39.7 Å². The topological polar surface area (TPSA) is 70.4 Å². The molecule has 0 saturated heterocycles. The van der Waals surface area contributed by atoms with Gasteiger partial charge in [0.25, 0.3) is 0 Å². The highest BCUT2D eigenvalue weighted by atomic mass is 16.5.